The predicted molar refractivity (Wildman–Crippen MR) is 44.6 cm³/mol. The molecular weight excluding hydrogens is 158 g/mol. The number of hydrogen-bond acceptors (Lipinski definition) is 3. The summed E-state index contributed by atoms with van der Waals surface area (Å²) in [7, 11) is 0. The minimum atomic E-state index is 0.855. The minimum Gasteiger partial charge on any atom is -0.361 e. The highest BCUT2D eigenvalue weighted by atomic mass is 32.1. The second-order valence-electron chi connectivity index (χ2n) is 2.30. The van der Waals surface area contributed by atoms with E-state index >= 15 is 0 Å². The summed E-state index contributed by atoms with van der Waals surface area (Å²) >= 11 is 1.67. The molecule has 0 aromatic carbocycles. The average Bonchev–Trinajstić information content (AvgIpc) is 2.55. The molecule has 0 fully saturated rings. The molecule has 0 saturated carbocycles. The van der Waals surface area contributed by atoms with Crippen molar-refractivity contribution < 1.29 is 4.52 Å². The van der Waals surface area contributed by atoms with Crippen LogP contribution in [-0.2, 0) is 0 Å². The fourth-order valence-corrected chi connectivity index (χ4v) is 1.58. The maximum Gasteiger partial charge on any atom is 0.134 e. The molecule has 0 aliphatic rings. The largest absolute Gasteiger partial charge is 0.361 e. The van der Waals surface area contributed by atoms with Gasteiger partial charge in [0.2, 0.25) is 0 Å². The standard InChI is InChI=1S/C8H7NOS/c1-6-5-7(9-10-6)8-3-2-4-11-8/h2-5H,1H3. The van der Waals surface area contributed by atoms with Gasteiger partial charge in [0.05, 0.1) is 4.88 Å². The smallest absolute Gasteiger partial charge is 0.134 e. The molecule has 0 bridgehead atoms. The van der Waals surface area contributed by atoms with Crippen molar-refractivity contribution in [2.24, 2.45) is 0 Å². The van der Waals surface area contributed by atoms with E-state index in [0.29, 0.717) is 0 Å². The molecular formula is C8H7NOS. The van der Waals surface area contributed by atoms with Crippen LogP contribution in [0.25, 0.3) is 10.6 Å². The third kappa shape index (κ3) is 1.19. The first kappa shape index (κ1) is 6.61. The van der Waals surface area contributed by atoms with Crippen LogP contribution in [0.15, 0.2) is 28.1 Å². The van der Waals surface area contributed by atoms with Crippen molar-refractivity contribution in [1.82, 2.24) is 5.16 Å². The van der Waals surface area contributed by atoms with Crippen LogP contribution in [0, 0.1) is 6.92 Å². The van der Waals surface area contributed by atoms with Crippen LogP contribution in [0.1, 0.15) is 5.76 Å². The van der Waals surface area contributed by atoms with E-state index in [1.165, 1.54) is 0 Å². The van der Waals surface area contributed by atoms with E-state index < -0.39 is 0 Å². The molecule has 0 N–H and O–H groups in total. The lowest BCUT2D eigenvalue weighted by Crippen LogP contribution is -1.65. The maximum absolute atomic E-state index is 4.94. The lowest BCUT2D eigenvalue weighted by Gasteiger charge is -1.81. The van der Waals surface area contributed by atoms with E-state index in [0.717, 1.165) is 16.3 Å². The first-order valence-electron chi connectivity index (χ1n) is 3.33. The molecule has 0 unspecified atom stereocenters. The van der Waals surface area contributed by atoms with Crippen LogP contribution in [0.2, 0.25) is 0 Å². The average molecular weight is 165 g/mol. The number of hydrogen-bond donors (Lipinski definition) is 0. The Morgan fingerprint density at radius 3 is 3.00 bits per heavy atom. The third-order valence-electron chi connectivity index (χ3n) is 1.40. The summed E-state index contributed by atoms with van der Waals surface area (Å²) in [5.74, 6) is 0.855. The van der Waals surface area contributed by atoms with Gasteiger partial charge >= 0.3 is 0 Å². The zero-order valence-electron chi connectivity index (χ0n) is 6.07. The van der Waals surface area contributed by atoms with Gasteiger partial charge in [-0.25, -0.2) is 0 Å². The quantitative estimate of drug-likeness (QED) is 0.649. The van der Waals surface area contributed by atoms with Gasteiger partial charge < -0.3 is 4.52 Å². The predicted octanol–water partition coefficient (Wildman–Crippen LogP) is 2.71. The normalized spacial score (nSPS) is 10.3. The van der Waals surface area contributed by atoms with Gasteiger partial charge in [-0.15, -0.1) is 11.3 Å². The molecule has 0 aliphatic heterocycles. The van der Waals surface area contributed by atoms with Crippen molar-refractivity contribution in [3.05, 3.63) is 29.3 Å². The van der Waals surface area contributed by atoms with Crippen LogP contribution in [0.3, 0.4) is 0 Å². The Morgan fingerprint density at radius 2 is 2.45 bits per heavy atom. The van der Waals surface area contributed by atoms with Gasteiger partial charge in [-0.1, -0.05) is 11.2 Å². The van der Waals surface area contributed by atoms with Crippen LogP contribution in [0.5, 0.6) is 0 Å². The highest BCUT2D eigenvalue weighted by molar-refractivity contribution is 7.13. The fraction of sp³-hybridized carbons (Fsp3) is 0.125. The zero-order chi connectivity index (χ0) is 7.68. The Bertz CT molecular complexity index is 337. The molecule has 2 heterocycles. The van der Waals surface area contributed by atoms with Crippen LogP contribution < -0.4 is 0 Å². The maximum atomic E-state index is 4.94. The highest BCUT2D eigenvalue weighted by Gasteiger charge is 2.02. The molecule has 0 spiro atoms. The number of rotatable bonds is 1. The van der Waals surface area contributed by atoms with Gasteiger partial charge in [-0.2, -0.15) is 0 Å². The number of aromatic nitrogens is 1. The van der Waals surface area contributed by atoms with Crippen molar-refractivity contribution >= 4 is 11.3 Å². The molecule has 2 rings (SSSR count). The summed E-state index contributed by atoms with van der Waals surface area (Å²) in [6, 6.07) is 5.97. The summed E-state index contributed by atoms with van der Waals surface area (Å²) in [6.45, 7) is 1.89. The van der Waals surface area contributed by atoms with Crippen LogP contribution in [0.4, 0.5) is 0 Å². The van der Waals surface area contributed by atoms with E-state index in [4.69, 9.17) is 4.52 Å². The second kappa shape index (κ2) is 2.51. The van der Waals surface area contributed by atoms with Crippen molar-refractivity contribution in [3.63, 3.8) is 0 Å². The summed E-state index contributed by atoms with van der Waals surface area (Å²) in [4.78, 5) is 1.15. The summed E-state index contributed by atoms with van der Waals surface area (Å²) in [6.07, 6.45) is 0. The Kier molecular flexibility index (Phi) is 1.51. The van der Waals surface area contributed by atoms with Crippen LogP contribution >= 0.6 is 11.3 Å². The molecule has 11 heavy (non-hydrogen) atoms. The molecule has 3 heteroatoms. The van der Waals surface area contributed by atoms with Crippen molar-refractivity contribution in [1.29, 1.82) is 0 Å². The summed E-state index contributed by atoms with van der Waals surface area (Å²) in [5.41, 5.74) is 0.928. The Balaban J connectivity index is 2.45. The molecule has 2 nitrogen and oxygen atoms in total. The van der Waals surface area contributed by atoms with Crippen molar-refractivity contribution in [2.75, 3.05) is 0 Å². The van der Waals surface area contributed by atoms with Gasteiger partial charge in [-0.3, -0.25) is 0 Å². The van der Waals surface area contributed by atoms with E-state index in [1.54, 1.807) is 11.3 Å². The van der Waals surface area contributed by atoms with Crippen molar-refractivity contribution in [2.45, 2.75) is 6.92 Å². The molecule has 0 radical (unpaired) electrons. The number of aryl methyl sites for hydroxylation is 1. The molecule has 56 valence electrons. The topological polar surface area (TPSA) is 26.0 Å². The summed E-state index contributed by atoms with van der Waals surface area (Å²) in [5, 5.41) is 5.92. The molecule has 2 aromatic heterocycles. The minimum absolute atomic E-state index is 0.855. The number of nitrogens with zero attached hydrogens (tertiary/aromatic N) is 1. The first-order valence-corrected chi connectivity index (χ1v) is 4.21. The van der Waals surface area contributed by atoms with Gasteiger partial charge in [0.1, 0.15) is 11.5 Å². The van der Waals surface area contributed by atoms with Gasteiger partial charge in [0.25, 0.3) is 0 Å². The SMILES string of the molecule is Cc1cc(-c2cccs2)no1. The first-order chi connectivity index (χ1) is 5.36. The molecule has 0 saturated heterocycles. The Hall–Kier alpha value is -1.09. The highest BCUT2D eigenvalue weighted by Crippen LogP contribution is 2.23. The molecule has 2 aromatic rings. The number of thiophene rings is 1. The van der Waals surface area contributed by atoms with E-state index in [1.807, 2.05) is 30.5 Å². The second-order valence-corrected chi connectivity index (χ2v) is 3.25. The van der Waals surface area contributed by atoms with Gasteiger partial charge in [0.15, 0.2) is 0 Å². The Morgan fingerprint density at radius 1 is 1.55 bits per heavy atom. The third-order valence-corrected chi connectivity index (χ3v) is 2.29. The Labute approximate surface area is 68.5 Å². The van der Waals surface area contributed by atoms with Crippen LogP contribution in [-0.4, -0.2) is 5.16 Å². The lowest BCUT2D eigenvalue weighted by molar-refractivity contribution is 0.400. The van der Waals surface area contributed by atoms with Gasteiger partial charge in [-0.05, 0) is 18.4 Å². The van der Waals surface area contributed by atoms with E-state index in [9.17, 15) is 0 Å². The zero-order valence-corrected chi connectivity index (χ0v) is 6.89. The van der Waals surface area contributed by atoms with E-state index in [2.05, 4.69) is 5.16 Å². The molecule has 0 amide bonds. The van der Waals surface area contributed by atoms with Crippen molar-refractivity contribution in [3.8, 4) is 10.6 Å². The molecule has 0 aliphatic carbocycles. The summed E-state index contributed by atoms with van der Waals surface area (Å²) < 4.78 is 4.94. The van der Waals surface area contributed by atoms with E-state index in [-0.39, 0.29) is 0 Å². The van der Waals surface area contributed by atoms with Gasteiger partial charge in [0, 0.05) is 6.07 Å². The monoisotopic (exact) mass is 165 g/mol. The lowest BCUT2D eigenvalue weighted by atomic mass is 10.3. The molecule has 0 atom stereocenters. The fourth-order valence-electron chi connectivity index (χ4n) is 0.907.